The molecule has 0 radical (unpaired) electrons. The quantitative estimate of drug-likeness (QED) is 0.438. The van der Waals surface area contributed by atoms with Crippen LogP contribution in [0.15, 0.2) is 42.5 Å². The number of carbonyl (C=O) groups is 2. The van der Waals surface area contributed by atoms with Crippen LogP contribution < -0.4 is 9.62 Å². The smallest absolute Gasteiger partial charge is 0.244 e. The first-order valence-electron chi connectivity index (χ1n) is 11.0. The summed E-state index contributed by atoms with van der Waals surface area (Å²) in [7, 11) is -3.89. The second-order valence-electron chi connectivity index (χ2n) is 8.19. The van der Waals surface area contributed by atoms with Crippen molar-refractivity contribution in [1.82, 2.24) is 10.2 Å². The first-order valence-corrected chi connectivity index (χ1v) is 13.6. The lowest BCUT2D eigenvalue weighted by Crippen LogP contribution is -2.51. The van der Waals surface area contributed by atoms with Crippen LogP contribution in [0.1, 0.15) is 37.8 Å². The molecule has 10 heteroatoms. The van der Waals surface area contributed by atoms with Gasteiger partial charge in [-0.05, 0) is 44.0 Å². The molecule has 0 aliphatic carbocycles. The molecule has 0 unspecified atom stereocenters. The van der Waals surface area contributed by atoms with Crippen molar-refractivity contribution < 1.29 is 18.0 Å². The summed E-state index contributed by atoms with van der Waals surface area (Å²) in [6.07, 6.45) is 2.73. The topological polar surface area (TPSA) is 86.8 Å². The van der Waals surface area contributed by atoms with Crippen LogP contribution in [0, 0.1) is 6.92 Å². The molecule has 0 heterocycles. The average molecular weight is 529 g/mol. The van der Waals surface area contributed by atoms with E-state index in [0.717, 1.165) is 34.5 Å². The van der Waals surface area contributed by atoms with Gasteiger partial charge in [-0.25, -0.2) is 8.42 Å². The Morgan fingerprint density at radius 3 is 2.32 bits per heavy atom. The van der Waals surface area contributed by atoms with Crippen LogP contribution in [-0.2, 0) is 26.2 Å². The summed E-state index contributed by atoms with van der Waals surface area (Å²) in [5.41, 5.74) is 1.98. The van der Waals surface area contributed by atoms with E-state index < -0.39 is 28.5 Å². The molecular formula is C24H31Cl2N3O4S. The summed E-state index contributed by atoms with van der Waals surface area (Å²) >= 11 is 12.3. The molecule has 0 saturated carbocycles. The van der Waals surface area contributed by atoms with Crippen molar-refractivity contribution in [2.45, 2.75) is 46.2 Å². The molecular weight excluding hydrogens is 497 g/mol. The molecule has 1 atom stereocenters. The number of carbonyl (C=O) groups excluding carboxylic acids is 2. The van der Waals surface area contributed by atoms with Gasteiger partial charge in [-0.15, -0.1) is 0 Å². The number of rotatable bonds is 11. The summed E-state index contributed by atoms with van der Waals surface area (Å²) in [5, 5.41) is 3.26. The summed E-state index contributed by atoms with van der Waals surface area (Å²) in [5.74, 6) is -0.846. The van der Waals surface area contributed by atoms with Gasteiger partial charge < -0.3 is 10.2 Å². The van der Waals surface area contributed by atoms with Gasteiger partial charge in [0.05, 0.1) is 17.0 Å². The molecule has 0 fully saturated rings. The zero-order valence-corrected chi connectivity index (χ0v) is 22.2. The highest BCUT2D eigenvalue weighted by molar-refractivity contribution is 7.92. The molecule has 1 N–H and O–H groups in total. The SMILES string of the molecule is CCCCNC(=O)[C@@H](C)N(Cc1ccc(C)cc1)C(=O)CN(c1cc(Cl)ccc1Cl)S(C)(=O)=O. The number of benzene rings is 2. The highest BCUT2D eigenvalue weighted by atomic mass is 35.5. The van der Waals surface area contributed by atoms with Gasteiger partial charge in [-0.1, -0.05) is 66.4 Å². The highest BCUT2D eigenvalue weighted by Crippen LogP contribution is 2.30. The Morgan fingerprint density at radius 2 is 1.74 bits per heavy atom. The van der Waals surface area contributed by atoms with E-state index in [2.05, 4.69) is 5.32 Å². The number of nitrogens with one attached hydrogen (secondary N) is 1. The molecule has 7 nitrogen and oxygen atoms in total. The van der Waals surface area contributed by atoms with E-state index in [9.17, 15) is 18.0 Å². The van der Waals surface area contributed by atoms with Crippen molar-refractivity contribution in [3.05, 3.63) is 63.6 Å². The maximum absolute atomic E-state index is 13.5. The lowest BCUT2D eigenvalue weighted by atomic mass is 10.1. The molecule has 186 valence electrons. The average Bonchev–Trinajstić information content (AvgIpc) is 2.77. The number of hydrogen-bond acceptors (Lipinski definition) is 4. The number of amides is 2. The summed E-state index contributed by atoms with van der Waals surface area (Å²) in [6, 6.07) is 11.2. The Bertz CT molecular complexity index is 1110. The highest BCUT2D eigenvalue weighted by Gasteiger charge is 2.30. The van der Waals surface area contributed by atoms with Gasteiger partial charge >= 0.3 is 0 Å². The minimum absolute atomic E-state index is 0.0975. The van der Waals surface area contributed by atoms with Gasteiger partial charge in [0.15, 0.2) is 0 Å². The number of nitrogens with zero attached hydrogens (tertiary/aromatic N) is 2. The standard InChI is InChI=1S/C24H31Cl2N3O4S/c1-5-6-13-27-24(31)18(3)28(15-19-9-7-17(2)8-10-19)23(30)16-29(34(4,32)33)22-14-20(25)11-12-21(22)26/h7-12,14,18H,5-6,13,15-16H2,1-4H3,(H,27,31)/t18-/m1/s1. The minimum atomic E-state index is -3.89. The van der Waals surface area contributed by atoms with E-state index in [1.165, 1.54) is 23.1 Å². The first-order chi connectivity index (χ1) is 15.9. The second-order valence-corrected chi connectivity index (χ2v) is 10.9. The molecule has 2 rings (SSSR count). The zero-order chi connectivity index (χ0) is 25.5. The molecule has 0 spiro atoms. The predicted octanol–water partition coefficient (Wildman–Crippen LogP) is 4.40. The van der Waals surface area contributed by atoms with Crippen molar-refractivity contribution in [2.75, 3.05) is 23.7 Å². The van der Waals surface area contributed by atoms with Gasteiger partial charge in [0.2, 0.25) is 21.8 Å². The third-order valence-electron chi connectivity index (χ3n) is 5.33. The van der Waals surface area contributed by atoms with Gasteiger partial charge in [0.1, 0.15) is 12.6 Å². The summed E-state index contributed by atoms with van der Waals surface area (Å²) < 4.78 is 26.1. The minimum Gasteiger partial charge on any atom is -0.354 e. The predicted molar refractivity (Wildman–Crippen MR) is 138 cm³/mol. The Hall–Kier alpha value is -2.29. The van der Waals surface area contributed by atoms with Crippen molar-refractivity contribution in [3.63, 3.8) is 0 Å². The monoisotopic (exact) mass is 527 g/mol. The maximum Gasteiger partial charge on any atom is 0.244 e. The Balaban J connectivity index is 2.38. The molecule has 0 aliphatic rings. The maximum atomic E-state index is 13.5. The van der Waals surface area contributed by atoms with E-state index >= 15 is 0 Å². The molecule has 34 heavy (non-hydrogen) atoms. The number of aryl methyl sites for hydroxylation is 1. The molecule has 2 aromatic carbocycles. The van der Waals surface area contributed by atoms with Crippen LogP contribution in [0.25, 0.3) is 0 Å². The number of halogens is 2. The number of unbranched alkanes of at least 4 members (excludes halogenated alkanes) is 1. The molecule has 2 amide bonds. The largest absolute Gasteiger partial charge is 0.354 e. The van der Waals surface area contributed by atoms with Crippen LogP contribution >= 0.6 is 23.2 Å². The Labute approximate surface area is 212 Å². The third-order valence-corrected chi connectivity index (χ3v) is 7.01. The number of hydrogen-bond donors (Lipinski definition) is 1. The third kappa shape index (κ3) is 7.89. The first kappa shape index (κ1) is 28.0. The van der Waals surface area contributed by atoms with Gasteiger partial charge in [-0.2, -0.15) is 0 Å². The van der Waals surface area contributed by atoms with Crippen molar-refractivity contribution in [3.8, 4) is 0 Å². The van der Waals surface area contributed by atoms with Crippen molar-refractivity contribution in [2.24, 2.45) is 0 Å². The van der Waals surface area contributed by atoms with Crippen LogP contribution in [-0.4, -0.2) is 50.5 Å². The summed E-state index contributed by atoms with van der Waals surface area (Å²) in [6.45, 7) is 5.71. The van der Waals surface area contributed by atoms with E-state index in [-0.39, 0.29) is 28.2 Å². The number of sulfonamides is 1. The zero-order valence-electron chi connectivity index (χ0n) is 19.8. The normalized spacial score (nSPS) is 12.2. The van der Waals surface area contributed by atoms with Crippen molar-refractivity contribution in [1.29, 1.82) is 0 Å². The fourth-order valence-corrected chi connectivity index (χ4v) is 4.57. The molecule has 0 aliphatic heterocycles. The van der Waals surface area contributed by atoms with Gasteiger partial charge in [-0.3, -0.25) is 13.9 Å². The molecule has 0 saturated heterocycles. The van der Waals surface area contributed by atoms with Gasteiger partial charge in [0, 0.05) is 18.1 Å². The fraction of sp³-hybridized carbons (Fsp3) is 0.417. The van der Waals surface area contributed by atoms with Crippen LogP contribution in [0.2, 0.25) is 10.0 Å². The Kier molecular flexibility index (Phi) is 10.2. The van der Waals surface area contributed by atoms with E-state index in [4.69, 9.17) is 23.2 Å². The molecule has 0 bridgehead atoms. The molecule has 2 aromatic rings. The van der Waals surface area contributed by atoms with E-state index in [1.807, 2.05) is 38.1 Å². The fourth-order valence-electron chi connectivity index (χ4n) is 3.28. The van der Waals surface area contributed by atoms with Gasteiger partial charge in [0.25, 0.3) is 0 Å². The number of anilines is 1. The molecule has 0 aromatic heterocycles. The lowest BCUT2D eigenvalue weighted by Gasteiger charge is -2.31. The Morgan fingerprint density at radius 1 is 1.09 bits per heavy atom. The van der Waals surface area contributed by atoms with Crippen LogP contribution in [0.5, 0.6) is 0 Å². The lowest BCUT2D eigenvalue weighted by molar-refractivity contribution is -0.139. The second kappa shape index (κ2) is 12.4. The van der Waals surface area contributed by atoms with E-state index in [1.54, 1.807) is 6.92 Å². The summed E-state index contributed by atoms with van der Waals surface area (Å²) in [4.78, 5) is 27.6. The van der Waals surface area contributed by atoms with Crippen LogP contribution in [0.3, 0.4) is 0 Å². The van der Waals surface area contributed by atoms with Crippen LogP contribution in [0.4, 0.5) is 5.69 Å². The van der Waals surface area contributed by atoms with E-state index in [0.29, 0.717) is 6.54 Å². The van der Waals surface area contributed by atoms with Crippen molar-refractivity contribution >= 4 is 50.7 Å².